The zero-order valence-corrected chi connectivity index (χ0v) is 16.7. The molecule has 1 aliphatic rings. The monoisotopic (exact) mass is 398 g/mol. The van der Waals surface area contributed by atoms with E-state index >= 15 is 0 Å². The Labute approximate surface area is 166 Å². The average molecular weight is 398 g/mol. The van der Waals surface area contributed by atoms with Gasteiger partial charge in [0.2, 0.25) is 0 Å². The third-order valence-corrected chi connectivity index (χ3v) is 5.94. The van der Waals surface area contributed by atoms with E-state index < -0.39 is 29.2 Å². The largest absolute Gasteiger partial charge is 0.481 e. The highest BCUT2D eigenvalue weighted by Crippen LogP contribution is 2.41. The Kier molecular flexibility index (Phi) is 10.8. The first kappa shape index (κ1) is 24.1. The highest BCUT2D eigenvalue weighted by molar-refractivity contribution is 5.88. The van der Waals surface area contributed by atoms with Crippen molar-refractivity contribution in [3.05, 3.63) is 0 Å². The van der Waals surface area contributed by atoms with Crippen LogP contribution in [0.5, 0.6) is 0 Å². The lowest BCUT2D eigenvalue weighted by Gasteiger charge is -2.36. The Bertz CT molecular complexity index is 523. The van der Waals surface area contributed by atoms with Crippen molar-refractivity contribution < 1.29 is 34.5 Å². The summed E-state index contributed by atoms with van der Waals surface area (Å²) in [5.74, 6) is -3.53. The summed E-state index contributed by atoms with van der Waals surface area (Å²) in [6, 6.07) is 0. The first-order valence-electron chi connectivity index (χ1n) is 10.5. The van der Waals surface area contributed by atoms with Crippen molar-refractivity contribution in [3.8, 4) is 0 Å². The standard InChI is InChI=1S/C21H34O7/c22-17(23)10-9-16-8-6-4-2-1-3-5-7-13-21(20(16)28,14-11-18(24)25)15-12-19(26)27/h16H,1-15H2,(H,22,23)(H,24,25)(H,26,27). The molecular formula is C21H34O7. The first-order chi connectivity index (χ1) is 13.3. The Morgan fingerprint density at radius 2 is 1.21 bits per heavy atom. The number of Topliss-reactive ketones (excluding diaryl/α,β-unsaturated/α-hetero) is 1. The molecule has 0 aromatic heterocycles. The summed E-state index contributed by atoms with van der Waals surface area (Å²) in [5, 5.41) is 27.4. The van der Waals surface area contributed by atoms with Crippen LogP contribution in [0.1, 0.15) is 96.3 Å². The Morgan fingerprint density at radius 3 is 1.71 bits per heavy atom. The van der Waals surface area contributed by atoms with Crippen LogP contribution in [-0.2, 0) is 19.2 Å². The van der Waals surface area contributed by atoms with Crippen molar-refractivity contribution >= 4 is 23.7 Å². The molecule has 0 aromatic carbocycles. The predicted molar refractivity (Wildman–Crippen MR) is 103 cm³/mol. The molecule has 0 amide bonds. The fourth-order valence-corrected chi connectivity index (χ4v) is 4.31. The van der Waals surface area contributed by atoms with E-state index in [-0.39, 0.29) is 44.3 Å². The number of ketones is 1. The molecule has 0 bridgehead atoms. The van der Waals surface area contributed by atoms with Crippen LogP contribution in [0.4, 0.5) is 0 Å². The summed E-state index contributed by atoms with van der Waals surface area (Å²) in [5.41, 5.74) is -0.987. The molecule has 3 N–H and O–H groups in total. The number of carbonyl (C=O) groups excluding carboxylic acids is 1. The van der Waals surface area contributed by atoms with Crippen molar-refractivity contribution in [2.45, 2.75) is 96.3 Å². The third kappa shape index (κ3) is 8.85. The molecule has 28 heavy (non-hydrogen) atoms. The number of carboxylic acids is 3. The van der Waals surface area contributed by atoms with E-state index in [2.05, 4.69) is 0 Å². The number of rotatable bonds is 9. The van der Waals surface area contributed by atoms with Crippen molar-refractivity contribution in [2.75, 3.05) is 0 Å². The van der Waals surface area contributed by atoms with Crippen LogP contribution in [0.3, 0.4) is 0 Å². The molecule has 1 atom stereocenters. The number of aliphatic carboxylic acids is 3. The molecule has 7 heteroatoms. The van der Waals surface area contributed by atoms with Crippen molar-refractivity contribution in [1.82, 2.24) is 0 Å². The number of carboxylic acid groups (broad SMARTS) is 3. The van der Waals surface area contributed by atoms with Crippen molar-refractivity contribution in [2.24, 2.45) is 11.3 Å². The molecule has 1 rings (SSSR count). The van der Waals surface area contributed by atoms with Gasteiger partial charge >= 0.3 is 17.9 Å². The van der Waals surface area contributed by atoms with Gasteiger partial charge in [0.1, 0.15) is 5.78 Å². The fourth-order valence-electron chi connectivity index (χ4n) is 4.31. The Morgan fingerprint density at radius 1 is 0.750 bits per heavy atom. The third-order valence-electron chi connectivity index (χ3n) is 5.94. The van der Waals surface area contributed by atoms with Gasteiger partial charge in [-0.2, -0.15) is 0 Å². The van der Waals surface area contributed by atoms with Crippen LogP contribution in [0.2, 0.25) is 0 Å². The second kappa shape index (κ2) is 12.5. The minimum Gasteiger partial charge on any atom is -0.481 e. The Balaban J connectivity index is 3.14. The minimum atomic E-state index is -1.00. The number of hydrogen-bond acceptors (Lipinski definition) is 4. The quantitative estimate of drug-likeness (QED) is 0.528. The van der Waals surface area contributed by atoms with Gasteiger partial charge in [0.15, 0.2) is 0 Å². The van der Waals surface area contributed by atoms with E-state index in [1.807, 2.05) is 0 Å². The molecule has 1 fully saturated rings. The van der Waals surface area contributed by atoms with Gasteiger partial charge in [0.25, 0.3) is 0 Å². The van der Waals surface area contributed by atoms with E-state index in [0.717, 1.165) is 44.9 Å². The minimum absolute atomic E-state index is 0.107. The summed E-state index contributed by atoms with van der Waals surface area (Å²) in [6.45, 7) is 0. The van der Waals surface area contributed by atoms with Crippen LogP contribution < -0.4 is 0 Å². The molecule has 1 saturated carbocycles. The normalized spacial score (nSPS) is 21.3. The maximum absolute atomic E-state index is 13.5. The lowest BCUT2D eigenvalue weighted by atomic mass is 9.66. The van der Waals surface area contributed by atoms with Crippen molar-refractivity contribution in [1.29, 1.82) is 0 Å². The van der Waals surface area contributed by atoms with Crippen LogP contribution in [-0.4, -0.2) is 39.0 Å². The number of carbonyl (C=O) groups is 4. The zero-order valence-electron chi connectivity index (χ0n) is 16.7. The van der Waals surface area contributed by atoms with Gasteiger partial charge < -0.3 is 15.3 Å². The van der Waals surface area contributed by atoms with Gasteiger partial charge in [0.05, 0.1) is 0 Å². The maximum atomic E-state index is 13.5. The molecule has 0 spiro atoms. The second-order valence-electron chi connectivity index (χ2n) is 8.07. The predicted octanol–water partition coefficient (Wildman–Crippen LogP) is 4.28. The zero-order chi connectivity index (χ0) is 21.0. The molecule has 0 aromatic rings. The van der Waals surface area contributed by atoms with Gasteiger partial charge in [-0.3, -0.25) is 19.2 Å². The topological polar surface area (TPSA) is 129 Å². The van der Waals surface area contributed by atoms with Gasteiger partial charge in [0, 0.05) is 30.6 Å². The molecule has 0 saturated heterocycles. The fraction of sp³-hybridized carbons (Fsp3) is 0.810. The summed E-state index contributed by atoms with van der Waals surface area (Å²) < 4.78 is 0. The summed E-state index contributed by atoms with van der Waals surface area (Å²) in [6.07, 6.45) is 7.89. The van der Waals surface area contributed by atoms with Crippen LogP contribution >= 0.6 is 0 Å². The highest BCUT2D eigenvalue weighted by Gasteiger charge is 2.41. The SMILES string of the molecule is O=C(O)CCC1CCCCCCCCCC(CCC(=O)O)(CCC(=O)O)C1=O. The van der Waals surface area contributed by atoms with Gasteiger partial charge in [-0.1, -0.05) is 44.9 Å². The molecule has 0 radical (unpaired) electrons. The molecule has 1 aliphatic carbocycles. The molecule has 0 aliphatic heterocycles. The number of hydrogen-bond donors (Lipinski definition) is 3. The molecule has 160 valence electrons. The van der Waals surface area contributed by atoms with Crippen LogP contribution in [0.25, 0.3) is 0 Å². The lowest BCUT2D eigenvalue weighted by molar-refractivity contribution is -0.141. The highest BCUT2D eigenvalue weighted by atomic mass is 16.4. The molecular weight excluding hydrogens is 364 g/mol. The summed E-state index contributed by atoms with van der Waals surface area (Å²) in [7, 11) is 0. The first-order valence-corrected chi connectivity index (χ1v) is 10.5. The second-order valence-corrected chi connectivity index (χ2v) is 8.07. The molecule has 7 nitrogen and oxygen atoms in total. The van der Waals surface area contributed by atoms with E-state index in [1.165, 1.54) is 0 Å². The molecule has 0 heterocycles. The van der Waals surface area contributed by atoms with Gasteiger partial charge in [-0.05, 0) is 32.1 Å². The van der Waals surface area contributed by atoms with E-state index in [1.54, 1.807) is 0 Å². The van der Waals surface area contributed by atoms with Gasteiger partial charge in [-0.15, -0.1) is 0 Å². The lowest BCUT2D eigenvalue weighted by Crippen LogP contribution is -2.38. The van der Waals surface area contributed by atoms with E-state index in [9.17, 15) is 19.2 Å². The average Bonchev–Trinajstić information content (AvgIpc) is 2.62. The van der Waals surface area contributed by atoms with Crippen LogP contribution in [0.15, 0.2) is 0 Å². The van der Waals surface area contributed by atoms with Gasteiger partial charge in [-0.25, -0.2) is 0 Å². The Hall–Kier alpha value is -1.92. The van der Waals surface area contributed by atoms with Crippen molar-refractivity contribution in [3.63, 3.8) is 0 Å². The summed E-state index contributed by atoms with van der Waals surface area (Å²) in [4.78, 5) is 47.0. The smallest absolute Gasteiger partial charge is 0.303 e. The maximum Gasteiger partial charge on any atom is 0.303 e. The van der Waals surface area contributed by atoms with E-state index in [0.29, 0.717) is 12.8 Å². The van der Waals surface area contributed by atoms with Crippen LogP contribution in [0, 0.1) is 11.3 Å². The van der Waals surface area contributed by atoms with E-state index in [4.69, 9.17) is 15.3 Å². The summed E-state index contributed by atoms with van der Waals surface area (Å²) >= 11 is 0. The molecule has 1 unspecified atom stereocenters.